The van der Waals surface area contributed by atoms with Gasteiger partial charge in [-0.05, 0) is 37.6 Å². The van der Waals surface area contributed by atoms with Crippen LogP contribution in [0, 0.1) is 11.6 Å². The summed E-state index contributed by atoms with van der Waals surface area (Å²) in [6.45, 7) is 6.36. The Morgan fingerprint density at radius 2 is 1.86 bits per heavy atom. The number of halogens is 2. The summed E-state index contributed by atoms with van der Waals surface area (Å²) in [6, 6.07) is 7.33. The van der Waals surface area contributed by atoms with Crippen LogP contribution in [0.4, 0.5) is 26.1 Å². The number of nitrogens with one attached hydrogen (secondary N) is 1. The smallest absolute Gasteiger partial charge is 0.265 e. The van der Waals surface area contributed by atoms with Gasteiger partial charge in [-0.15, -0.1) is 0 Å². The van der Waals surface area contributed by atoms with Crippen molar-refractivity contribution in [2.45, 2.75) is 26.8 Å². The Balaban J connectivity index is 1.45. The molecule has 0 radical (unpaired) electrons. The lowest BCUT2D eigenvalue weighted by Gasteiger charge is -2.35. The van der Waals surface area contributed by atoms with Crippen molar-refractivity contribution in [1.29, 1.82) is 0 Å². The predicted molar refractivity (Wildman–Crippen MR) is 158 cm³/mol. The molecule has 0 atom stereocenters. The summed E-state index contributed by atoms with van der Waals surface area (Å²) in [6.07, 6.45) is 1.58. The number of sulfonamides is 1. The fourth-order valence-electron chi connectivity index (χ4n) is 5.32. The van der Waals surface area contributed by atoms with Crippen molar-refractivity contribution < 1.29 is 31.5 Å². The molecule has 230 valence electrons. The van der Waals surface area contributed by atoms with Gasteiger partial charge in [0.05, 0.1) is 24.7 Å². The van der Waals surface area contributed by atoms with Gasteiger partial charge in [0.15, 0.2) is 12.4 Å². The maximum atomic E-state index is 14.8. The van der Waals surface area contributed by atoms with E-state index >= 15 is 0 Å². The number of benzene rings is 2. The first-order valence-corrected chi connectivity index (χ1v) is 15.7. The van der Waals surface area contributed by atoms with E-state index in [1.165, 1.54) is 23.5 Å². The molecule has 5 rings (SSSR count). The Morgan fingerprint density at radius 1 is 1.09 bits per heavy atom. The van der Waals surface area contributed by atoms with Gasteiger partial charge in [-0.3, -0.25) is 9.69 Å². The number of likely N-dealkylation sites (N-methyl/N-ethyl adjacent to an activating group) is 1. The Labute approximate surface area is 249 Å². The molecule has 1 N–H and O–H groups in total. The minimum atomic E-state index is -3.27. The van der Waals surface area contributed by atoms with Gasteiger partial charge in [-0.2, -0.15) is 4.31 Å². The number of ether oxygens (including phenoxy) is 2. The van der Waals surface area contributed by atoms with E-state index in [9.17, 15) is 22.0 Å². The minimum Gasteiger partial charge on any atom is -0.496 e. The molecule has 0 bridgehead atoms. The molecule has 3 heterocycles. The molecule has 2 aliphatic heterocycles. The third kappa shape index (κ3) is 6.55. The standard InChI is InChI=1S/C29H34F2N6O5S/c1-4-12-43(39,40)36-10-8-35(9-11-36)17-19-13-21(15-24-28(19)42-18-26(38)37(24)5-2)33-29-32-16-23(31)27(34-29)22-7-6-20(30)14-25(22)41-3/h6-7,13-16H,4-5,8-12,17-18H2,1-3H3,(H,32,33,34). The Bertz CT molecular complexity index is 1620. The molecule has 2 aliphatic rings. The van der Waals surface area contributed by atoms with Crippen molar-refractivity contribution in [3.05, 3.63) is 53.7 Å². The molecule has 14 heteroatoms. The number of hydrogen-bond donors (Lipinski definition) is 1. The van der Waals surface area contributed by atoms with Crippen LogP contribution in [0.15, 0.2) is 36.5 Å². The lowest BCUT2D eigenvalue weighted by atomic mass is 10.1. The van der Waals surface area contributed by atoms with Crippen LogP contribution in [-0.2, 0) is 21.4 Å². The number of anilines is 3. The summed E-state index contributed by atoms with van der Waals surface area (Å²) < 4.78 is 66.3. The van der Waals surface area contributed by atoms with Gasteiger partial charge in [-0.25, -0.2) is 27.2 Å². The second kappa shape index (κ2) is 12.8. The highest BCUT2D eigenvalue weighted by Crippen LogP contribution is 2.40. The van der Waals surface area contributed by atoms with Crippen molar-refractivity contribution in [3.8, 4) is 22.8 Å². The van der Waals surface area contributed by atoms with Gasteiger partial charge in [0.25, 0.3) is 5.91 Å². The summed E-state index contributed by atoms with van der Waals surface area (Å²) in [4.78, 5) is 24.9. The summed E-state index contributed by atoms with van der Waals surface area (Å²) in [5.41, 5.74) is 2.09. The molecule has 1 amide bonds. The average Bonchev–Trinajstić information content (AvgIpc) is 2.98. The van der Waals surface area contributed by atoms with Crippen molar-refractivity contribution in [1.82, 2.24) is 19.2 Å². The molecule has 2 aromatic carbocycles. The van der Waals surface area contributed by atoms with Crippen molar-refractivity contribution in [3.63, 3.8) is 0 Å². The number of hydrogen-bond acceptors (Lipinski definition) is 9. The number of piperazine rings is 1. The highest BCUT2D eigenvalue weighted by atomic mass is 32.2. The maximum absolute atomic E-state index is 14.8. The third-order valence-corrected chi connectivity index (χ3v) is 9.47. The van der Waals surface area contributed by atoms with E-state index in [0.29, 0.717) is 62.8 Å². The summed E-state index contributed by atoms with van der Waals surface area (Å²) in [5.74, 6) is -0.522. The normalized spacial score (nSPS) is 16.1. The van der Waals surface area contributed by atoms with E-state index in [1.54, 1.807) is 11.0 Å². The zero-order valence-electron chi connectivity index (χ0n) is 24.3. The molecule has 0 aliphatic carbocycles. The van der Waals surface area contributed by atoms with E-state index in [0.717, 1.165) is 17.8 Å². The molecule has 11 nitrogen and oxygen atoms in total. The third-order valence-electron chi connectivity index (χ3n) is 7.39. The van der Waals surface area contributed by atoms with Crippen LogP contribution < -0.4 is 19.7 Å². The monoisotopic (exact) mass is 616 g/mol. The Morgan fingerprint density at radius 3 is 2.56 bits per heavy atom. The van der Waals surface area contributed by atoms with E-state index in [1.807, 2.05) is 19.9 Å². The second-order valence-electron chi connectivity index (χ2n) is 10.3. The summed E-state index contributed by atoms with van der Waals surface area (Å²) in [5, 5.41) is 3.12. The molecule has 0 spiro atoms. The lowest BCUT2D eigenvalue weighted by molar-refractivity contribution is -0.121. The van der Waals surface area contributed by atoms with Crippen LogP contribution >= 0.6 is 0 Å². The van der Waals surface area contributed by atoms with Crippen LogP contribution in [0.1, 0.15) is 25.8 Å². The van der Waals surface area contributed by atoms with Crippen LogP contribution in [0.25, 0.3) is 11.3 Å². The number of amides is 1. The number of aromatic nitrogens is 2. The van der Waals surface area contributed by atoms with Crippen molar-refractivity contribution in [2.24, 2.45) is 0 Å². The number of fused-ring (bicyclic) bond motifs is 1. The van der Waals surface area contributed by atoms with Gasteiger partial charge in [0, 0.05) is 62.1 Å². The maximum Gasteiger partial charge on any atom is 0.265 e. The SMILES string of the molecule is CCCS(=O)(=O)N1CCN(Cc2cc(Nc3ncc(F)c(-c4ccc(F)cc4OC)n3)cc3c2OCC(=O)N3CC)CC1. The molecule has 43 heavy (non-hydrogen) atoms. The van der Waals surface area contributed by atoms with E-state index < -0.39 is 21.7 Å². The van der Waals surface area contributed by atoms with Gasteiger partial charge < -0.3 is 19.7 Å². The number of methoxy groups -OCH3 is 1. The minimum absolute atomic E-state index is 0.0721. The zero-order valence-corrected chi connectivity index (χ0v) is 25.1. The van der Waals surface area contributed by atoms with Crippen LogP contribution in [0.3, 0.4) is 0 Å². The van der Waals surface area contributed by atoms with Gasteiger partial charge in [0.2, 0.25) is 16.0 Å². The highest BCUT2D eigenvalue weighted by Gasteiger charge is 2.30. The molecule has 3 aromatic rings. The largest absolute Gasteiger partial charge is 0.496 e. The molecular weight excluding hydrogens is 582 g/mol. The van der Waals surface area contributed by atoms with E-state index in [4.69, 9.17) is 9.47 Å². The molecular formula is C29H34F2N6O5S. The first-order chi connectivity index (χ1) is 20.6. The van der Waals surface area contributed by atoms with Crippen molar-refractivity contribution >= 4 is 33.3 Å². The lowest BCUT2D eigenvalue weighted by Crippen LogP contribution is -2.48. The molecule has 0 saturated carbocycles. The number of carbonyl (C=O) groups is 1. The first kappa shape index (κ1) is 30.6. The zero-order chi connectivity index (χ0) is 30.7. The summed E-state index contributed by atoms with van der Waals surface area (Å²) in [7, 11) is -1.92. The number of carbonyl (C=O) groups excluding carboxylic acids is 1. The highest BCUT2D eigenvalue weighted by molar-refractivity contribution is 7.89. The van der Waals surface area contributed by atoms with Gasteiger partial charge >= 0.3 is 0 Å². The van der Waals surface area contributed by atoms with Crippen LogP contribution in [-0.4, -0.2) is 85.7 Å². The Kier molecular flexibility index (Phi) is 9.08. The fraction of sp³-hybridized carbons (Fsp3) is 0.414. The molecule has 1 aromatic heterocycles. The topological polar surface area (TPSA) is 117 Å². The molecule has 1 fully saturated rings. The molecule has 0 unspecified atom stereocenters. The van der Waals surface area contributed by atoms with Crippen molar-refractivity contribution in [2.75, 3.05) is 62.4 Å². The number of rotatable bonds is 10. The average molecular weight is 617 g/mol. The van der Waals surface area contributed by atoms with Gasteiger partial charge in [0.1, 0.15) is 23.0 Å². The van der Waals surface area contributed by atoms with E-state index in [-0.39, 0.29) is 41.2 Å². The van der Waals surface area contributed by atoms with Crippen LogP contribution in [0.2, 0.25) is 0 Å². The molecule has 1 saturated heterocycles. The Hall–Kier alpha value is -3.88. The fourth-order valence-corrected chi connectivity index (χ4v) is 6.82. The number of nitrogens with zero attached hydrogens (tertiary/aromatic N) is 5. The first-order valence-electron chi connectivity index (χ1n) is 14.1. The van der Waals surface area contributed by atoms with E-state index in [2.05, 4.69) is 20.2 Å². The second-order valence-corrected chi connectivity index (χ2v) is 12.3. The summed E-state index contributed by atoms with van der Waals surface area (Å²) >= 11 is 0. The van der Waals surface area contributed by atoms with Crippen LogP contribution in [0.5, 0.6) is 11.5 Å². The predicted octanol–water partition coefficient (Wildman–Crippen LogP) is 3.78. The quantitative estimate of drug-likeness (QED) is 0.363. The van der Waals surface area contributed by atoms with Gasteiger partial charge in [-0.1, -0.05) is 6.92 Å².